The zero-order valence-electron chi connectivity index (χ0n) is 11.8. The van der Waals surface area contributed by atoms with Crippen LogP contribution in [0.25, 0.3) is 0 Å². The van der Waals surface area contributed by atoms with Crippen LogP contribution in [0.15, 0.2) is 41.2 Å². The Kier molecular flexibility index (Phi) is 4.45. The van der Waals surface area contributed by atoms with E-state index in [1.165, 1.54) is 6.07 Å². The van der Waals surface area contributed by atoms with Crippen molar-refractivity contribution >= 4 is 17.5 Å². The lowest BCUT2D eigenvalue weighted by molar-refractivity contribution is 0.586. The summed E-state index contributed by atoms with van der Waals surface area (Å²) in [7, 11) is 0. The lowest BCUT2D eigenvalue weighted by Crippen LogP contribution is -2.21. The number of anilines is 1. The van der Waals surface area contributed by atoms with Gasteiger partial charge >= 0.3 is 0 Å². The zero-order chi connectivity index (χ0) is 14.7. The Hall–Kier alpha value is -1.81. The molecule has 4 nitrogen and oxygen atoms in total. The third-order valence-corrected chi connectivity index (χ3v) is 3.37. The van der Waals surface area contributed by atoms with Gasteiger partial charge in [-0.15, -0.1) is 0 Å². The van der Waals surface area contributed by atoms with Gasteiger partial charge in [-0.05, 0) is 26.3 Å². The quantitative estimate of drug-likeness (QED) is 0.875. The summed E-state index contributed by atoms with van der Waals surface area (Å²) in [6.07, 6.45) is 0. The first-order valence-corrected chi connectivity index (χ1v) is 6.97. The van der Waals surface area contributed by atoms with Crippen LogP contribution in [0, 0.1) is 0 Å². The van der Waals surface area contributed by atoms with Gasteiger partial charge in [-0.1, -0.05) is 41.9 Å². The Labute approximate surface area is 123 Å². The molecule has 0 saturated carbocycles. The fourth-order valence-corrected chi connectivity index (χ4v) is 2.44. The molecule has 0 aliphatic rings. The molecule has 2 aromatic rings. The average Bonchev–Trinajstić information content (AvgIpc) is 2.38. The maximum absolute atomic E-state index is 11.6. The van der Waals surface area contributed by atoms with Crippen molar-refractivity contribution in [3.8, 4) is 0 Å². The number of nitrogens with zero attached hydrogens (tertiary/aromatic N) is 2. The fourth-order valence-electron chi connectivity index (χ4n) is 2.07. The van der Waals surface area contributed by atoms with Crippen LogP contribution in [0.2, 0.25) is 5.15 Å². The van der Waals surface area contributed by atoms with E-state index in [0.29, 0.717) is 11.1 Å². The summed E-state index contributed by atoms with van der Waals surface area (Å²) in [5, 5.41) is 3.65. The fraction of sp³-hybridized carbons (Fsp3) is 0.333. The minimum absolute atomic E-state index is 0.0339. The topological polar surface area (TPSA) is 46.9 Å². The Morgan fingerprint density at radius 2 is 1.85 bits per heavy atom. The second-order valence-electron chi connectivity index (χ2n) is 4.98. The van der Waals surface area contributed by atoms with E-state index in [9.17, 15) is 4.79 Å². The highest BCUT2D eigenvalue weighted by Gasteiger charge is 2.14. The summed E-state index contributed by atoms with van der Waals surface area (Å²) in [6, 6.07) is 11.5. The number of benzene rings is 1. The third-order valence-electron chi connectivity index (χ3n) is 3.08. The second kappa shape index (κ2) is 6.09. The smallest absolute Gasteiger partial charge is 0.275 e. The van der Waals surface area contributed by atoms with Crippen LogP contribution in [0.5, 0.6) is 0 Å². The van der Waals surface area contributed by atoms with Gasteiger partial charge in [0.2, 0.25) is 5.95 Å². The zero-order valence-corrected chi connectivity index (χ0v) is 12.6. The number of hydrogen-bond acceptors (Lipinski definition) is 3. The van der Waals surface area contributed by atoms with Crippen LogP contribution in [0.1, 0.15) is 38.4 Å². The summed E-state index contributed by atoms with van der Waals surface area (Å²) < 4.78 is 1.81. The van der Waals surface area contributed by atoms with Gasteiger partial charge in [0.1, 0.15) is 5.15 Å². The molecule has 0 fully saturated rings. The van der Waals surface area contributed by atoms with E-state index in [2.05, 4.69) is 10.3 Å². The Morgan fingerprint density at radius 1 is 1.20 bits per heavy atom. The first-order valence-electron chi connectivity index (χ1n) is 6.59. The molecule has 0 radical (unpaired) electrons. The van der Waals surface area contributed by atoms with Crippen molar-refractivity contribution in [2.45, 2.75) is 32.9 Å². The Morgan fingerprint density at radius 3 is 2.45 bits per heavy atom. The number of halogens is 1. The van der Waals surface area contributed by atoms with Gasteiger partial charge in [-0.25, -0.2) is 0 Å². The number of rotatable bonds is 4. The van der Waals surface area contributed by atoms with Crippen molar-refractivity contribution in [1.29, 1.82) is 0 Å². The van der Waals surface area contributed by atoms with Crippen molar-refractivity contribution < 1.29 is 0 Å². The maximum Gasteiger partial charge on any atom is 0.275 e. The van der Waals surface area contributed by atoms with Gasteiger partial charge in [0.05, 0.1) is 6.04 Å². The lowest BCUT2D eigenvalue weighted by Gasteiger charge is -2.22. The van der Waals surface area contributed by atoms with E-state index >= 15 is 0 Å². The summed E-state index contributed by atoms with van der Waals surface area (Å²) in [4.78, 5) is 15.6. The molecule has 0 saturated heterocycles. The van der Waals surface area contributed by atoms with Crippen LogP contribution in [-0.4, -0.2) is 9.55 Å². The molecule has 1 aromatic carbocycles. The molecule has 1 atom stereocenters. The van der Waals surface area contributed by atoms with Crippen LogP contribution in [0.3, 0.4) is 0 Å². The van der Waals surface area contributed by atoms with Gasteiger partial charge in [0, 0.05) is 12.1 Å². The molecule has 0 spiro atoms. The highest BCUT2D eigenvalue weighted by molar-refractivity contribution is 6.29. The Balaban J connectivity index is 2.36. The summed E-state index contributed by atoms with van der Waals surface area (Å²) >= 11 is 6.14. The molecule has 0 bridgehead atoms. The predicted molar refractivity (Wildman–Crippen MR) is 82.4 cm³/mol. The minimum atomic E-state index is -0.338. The van der Waals surface area contributed by atoms with Crippen LogP contribution in [-0.2, 0) is 0 Å². The number of aromatic nitrogens is 2. The molecular weight excluding hydrogens is 274 g/mol. The van der Waals surface area contributed by atoms with Gasteiger partial charge in [0.15, 0.2) is 0 Å². The maximum atomic E-state index is 11.6. The molecule has 0 amide bonds. The predicted octanol–water partition coefficient (Wildman–Crippen LogP) is 3.65. The normalized spacial score (nSPS) is 12.4. The lowest BCUT2D eigenvalue weighted by atomic mass is 10.1. The van der Waals surface area contributed by atoms with Crippen LogP contribution in [0.4, 0.5) is 5.95 Å². The van der Waals surface area contributed by atoms with Crippen molar-refractivity contribution in [3.05, 3.63) is 57.5 Å². The molecule has 0 aliphatic carbocycles. The molecule has 1 heterocycles. The number of hydrogen-bond donors (Lipinski definition) is 1. The summed E-state index contributed by atoms with van der Waals surface area (Å²) in [5.41, 5.74) is 0.784. The Bertz CT molecular complexity index is 637. The van der Waals surface area contributed by atoms with E-state index in [-0.39, 0.29) is 17.6 Å². The van der Waals surface area contributed by atoms with Crippen LogP contribution < -0.4 is 10.9 Å². The SMILES string of the molecule is CC(C)n1c(Cl)cc(=O)nc1N[C@H](C)c1ccccc1. The van der Waals surface area contributed by atoms with Gasteiger partial charge in [-0.2, -0.15) is 4.98 Å². The molecular formula is C15H18ClN3O. The van der Waals surface area contributed by atoms with E-state index in [0.717, 1.165) is 5.56 Å². The van der Waals surface area contributed by atoms with Crippen LogP contribution >= 0.6 is 11.6 Å². The summed E-state index contributed by atoms with van der Waals surface area (Å²) in [6.45, 7) is 6.01. The largest absolute Gasteiger partial charge is 0.349 e. The molecule has 106 valence electrons. The highest BCUT2D eigenvalue weighted by atomic mass is 35.5. The van der Waals surface area contributed by atoms with Crippen molar-refractivity contribution in [2.75, 3.05) is 5.32 Å². The molecule has 0 unspecified atom stereocenters. The van der Waals surface area contributed by atoms with Gasteiger partial charge in [-0.3, -0.25) is 9.36 Å². The molecule has 2 rings (SSSR count). The monoisotopic (exact) mass is 291 g/mol. The average molecular weight is 292 g/mol. The molecule has 20 heavy (non-hydrogen) atoms. The first-order chi connectivity index (χ1) is 9.49. The van der Waals surface area contributed by atoms with E-state index in [1.54, 1.807) is 0 Å². The molecule has 1 N–H and O–H groups in total. The van der Waals surface area contributed by atoms with Crippen molar-refractivity contribution in [3.63, 3.8) is 0 Å². The van der Waals surface area contributed by atoms with Crippen molar-refractivity contribution in [1.82, 2.24) is 9.55 Å². The third kappa shape index (κ3) is 3.20. The van der Waals surface area contributed by atoms with Gasteiger partial charge < -0.3 is 5.32 Å². The van der Waals surface area contributed by atoms with E-state index < -0.39 is 0 Å². The molecule has 0 aliphatic heterocycles. The summed E-state index contributed by atoms with van der Waals surface area (Å²) in [5.74, 6) is 0.494. The molecule has 1 aromatic heterocycles. The van der Waals surface area contributed by atoms with Crippen molar-refractivity contribution in [2.24, 2.45) is 0 Å². The van der Waals surface area contributed by atoms with E-state index in [1.807, 2.05) is 55.7 Å². The first kappa shape index (κ1) is 14.6. The molecule has 5 heteroatoms. The highest BCUT2D eigenvalue weighted by Crippen LogP contribution is 2.22. The van der Waals surface area contributed by atoms with Gasteiger partial charge in [0.25, 0.3) is 5.56 Å². The second-order valence-corrected chi connectivity index (χ2v) is 5.37. The minimum Gasteiger partial charge on any atom is -0.349 e. The van der Waals surface area contributed by atoms with E-state index in [4.69, 9.17) is 11.6 Å². The number of nitrogens with one attached hydrogen (secondary N) is 1. The standard InChI is InChI=1S/C15H18ClN3O/c1-10(2)19-13(16)9-14(20)18-15(19)17-11(3)12-7-5-4-6-8-12/h4-11H,1-3H3,(H,17,18,20)/t11-/m1/s1.